The highest BCUT2D eigenvalue weighted by Gasteiger charge is 2.25. The topological polar surface area (TPSA) is 79.6 Å². The lowest BCUT2D eigenvalue weighted by Gasteiger charge is -2.32. The van der Waals surface area contributed by atoms with Crippen LogP contribution in [0.3, 0.4) is 0 Å². The van der Waals surface area contributed by atoms with Crippen LogP contribution in [0.2, 0.25) is 0 Å². The van der Waals surface area contributed by atoms with Crippen molar-refractivity contribution in [2.24, 2.45) is 0 Å². The first kappa shape index (κ1) is 19.9. The Kier molecular flexibility index (Phi) is 6.29. The second-order valence-electron chi connectivity index (χ2n) is 7.37. The van der Waals surface area contributed by atoms with Crippen LogP contribution in [0.15, 0.2) is 41.2 Å². The molecule has 0 aliphatic carbocycles. The van der Waals surface area contributed by atoms with Crippen molar-refractivity contribution in [3.8, 4) is 0 Å². The Balaban J connectivity index is 1.41. The molecule has 0 unspecified atom stereocenters. The first-order chi connectivity index (χ1) is 13.4. The predicted octanol–water partition coefficient (Wildman–Crippen LogP) is 3.28. The van der Waals surface area contributed by atoms with Gasteiger partial charge >= 0.3 is 0 Å². The number of hydrogen-bond donors (Lipinski definition) is 1. The Hall–Kier alpha value is -2.89. The van der Waals surface area contributed by atoms with Gasteiger partial charge in [-0.2, -0.15) is 0 Å². The third kappa shape index (κ3) is 4.88. The average Bonchev–Trinajstić information content (AvgIpc) is 3.23. The number of benzene rings is 1. The third-order valence-corrected chi connectivity index (χ3v) is 5.32. The maximum absolute atomic E-state index is 12.3. The lowest BCUT2D eigenvalue weighted by molar-refractivity contribution is -0.122. The minimum absolute atomic E-state index is 0.0150. The van der Waals surface area contributed by atoms with Crippen LogP contribution in [-0.2, 0) is 4.79 Å². The van der Waals surface area contributed by atoms with Crippen molar-refractivity contribution in [2.75, 3.05) is 13.1 Å². The highest BCUT2D eigenvalue weighted by atomic mass is 16.3. The van der Waals surface area contributed by atoms with Crippen LogP contribution in [0.5, 0.6) is 0 Å². The second-order valence-corrected chi connectivity index (χ2v) is 7.37. The summed E-state index contributed by atoms with van der Waals surface area (Å²) in [5.41, 5.74) is 3.42. The lowest BCUT2D eigenvalue weighted by Crippen LogP contribution is -2.46. The number of piperidine rings is 1. The van der Waals surface area contributed by atoms with Crippen LogP contribution in [0, 0.1) is 13.8 Å². The van der Waals surface area contributed by atoms with Gasteiger partial charge in [0.05, 0.1) is 11.8 Å². The van der Waals surface area contributed by atoms with Gasteiger partial charge in [-0.3, -0.25) is 14.4 Å². The molecule has 1 aliphatic rings. The van der Waals surface area contributed by atoms with Gasteiger partial charge in [0, 0.05) is 37.5 Å². The average molecular weight is 382 g/mol. The summed E-state index contributed by atoms with van der Waals surface area (Å²) in [6.45, 7) is 5.17. The number of amides is 2. The fourth-order valence-corrected chi connectivity index (χ4v) is 3.38. The fourth-order valence-electron chi connectivity index (χ4n) is 3.38. The van der Waals surface area contributed by atoms with E-state index in [1.807, 2.05) is 32.0 Å². The van der Waals surface area contributed by atoms with E-state index in [1.165, 1.54) is 12.5 Å². The summed E-state index contributed by atoms with van der Waals surface area (Å²) in [6.07, 6.45) is 4.73. The van der Waals surface area contributed by atoms with E-state index in [0.29, 0.717) is 37.1 Å². The zero-order valence-corrected chi connectivity index (χ0v) is 16.4. The molecule has 0 saturated carbocycles. The van der Waals surface area contributed by atoms with Crippen molar-refractivity contribution in [2.45, 2.75) is 45.6 Å². The Morgan fingerprint density at radius 2 is 1.79 bits per heavy atom. The van der Waals surface area contributed by atoms with Crippen LogP contribution in [0.4, 0.5) is 0 Å². The van der Waals surface area contributed by atoms with E-state index in [9.17, 15) is 14.4 Å². The molecule has 3 rings (SSSR count). The minimum atomic E-state index is -0.114. The number of rotatable bonds is 6. The molecule has 2 heterocycles. The molecule has 148 valence electrons. The number of carbonyl (C=O) groups excluding carboxylic acids is 3. The lowest BCUT2D eigenvalue weighted by atomic mass is 10.0. The number of nitrogens with zero attached hydrogens (tertiary/aromatic N) is 1. The van der Waals surface area contributed by atoms with E-state index in [0.717, 1.165) is 11.1 Å². The molecule has 2 aromatic rings. The number of Topliss-reactive ketones (excluding diaryl/α,β-unsaturated/α-hetero) is 1. The molecule has 0 spiro atoms. The Morgan fingerprint density at radius 3 is 2.43 bits per heavy atom. The Labute approximate surface area is 164 Å². The zero-order valence-electron chi connectivity index (χ0n) is 16.4. The summed E-state index contributed by atoms with van der Waals surface area (Å²) < 4.78 is 4.96. The van der Waals surface area contributed by atoms with E-state index in [-0.39, 0.29) is 36.5 Å². The summed E-state index contributed by atoms with van der Waals surface area (Å²) in [5.74, 6) is -0.173. The first-order valence-electron chi connectivity index (χ1n) is 9.65. The molecule has 6 nitrogen and oxygen atoms in total. The highest BCUT2D eigenvalue weighted by molar-refractivity contribution is 5.98. The molecule has 0 bridgehead atoms. The molecule has 1 aliphatic heterocycles. The zero-order chi connectivity index (χ0) is 20.1. The van der Waals surface area contributed by atoms with Gasteiger partial charge in [0.1, 0.15) is 6.26 Å². The second kappa shape index (κ2) is 8.87. The van der Waals surface area contributed by atoms with Gasteiger partial charge in [-0.25, -0.2) is 0 Å². The molecule has 0 atom stereocenters. The smallest absolute Gasteiger partial charge is 0.257 e. The van der Waals surface area contributed by atoms with Crippen LogP contribution >= 0.6 is 0 Å². The van der Waals surface area contributed by atoms with E-state index >= 15 is 0 Å². The summed E-state index contributed by atoms with van der Waals surface area (Å²) in [5, 5.41) is 2.99. The number of ketones is 1. The van der Waals surface area contributed by atoms with Gasteiger partial charge in [0.15, 0.2) is 5.78 Å². The van der Waals surface area contributed by atoms with Gasteiger partial charge in [0.25, 0.3) is 5.91 Å². The highest BCUT2D eigenvalue weighted by Crippen LogP contribution is 2.15. The van der Waals surface area contributed by atoms with Gasteiger partial charge in [-0.15, -0.1) is 0 Å². The summed E-state index contributed by atoms with van der Waals surface area (Å²) in [4.78, 5) is 38.6. The summed E-state index contributed by atoms with van der Waals surface area (Å²) >= 11 is 0. The van der Waals surface area contributed by atoms with Gasteiger partial charge in [0.2, 0.25) is 5.91 Å². The number of furan rings is 1. The third-order valence-electron chi connectivity index (χ3n) is 5.32. The molecule has 2 amide bonds. The number of likely N-dealkylation sites (tertiary alicyclic amines) is 1. The molecule has 1 fully saturated rings. The fraction of sp³-hybridized carbons (Fsp3) is 0.409. The molecule has 1 saturated heterocycles. The van der Waals surface area contributed by atoms with Gasteiger partial charge in [-0.05, 0) is 49.9 Å². The molecule has 1 aromatic carbocycles. The molecule has 1 N–H and O–H groups in total. The molecule has 28 heavy (non-hydrogen) atoms. The normalized spacial score (nSPS) is 14.7. The van der Waals surface area contributed by atoms with Crippen molar-refractivity contribution in [3.05, 3.63) is 59.0 Å². The van der Waals surface area contributed by atoms with Gasteiger partial charge in [-0.1, -0.05) is 12.1 Å². The number of aryl methyl sites for hydroxylation is 2. The van der Waals surface area contributed by atoms with Crippen LogP contribution in [0.1, 0.15) is 57.5 Å². The van der Waals surface area contributed by atoms with E-state index in [4.69, 9.17) is 4.42 Å². The van der Waals surface area contributed by atoms with Crippen molar-refractivity contribution in [1.82, 2.24) is 10.2 Å². The largest absolute Gasteiger partial charge is 0.472 e. The Bertz CT molecular complexity index is 849. The standard InChI is InChI=1S/C22H26N2O4/c1-15-3-4-17(13-16(15)2)20(25)5-6-21(26)23-19-7-10-24(11-8-19)22(27)18-9-12-28-14-18/h3-4,9,12-14,19H,5-8,10-11H2,1-2H3,(H,23,26). The summed E-state index contributed by atoms with van der Waals surface area (Å²) in [7, 11) is 0. The monoisotopic (exact) mass is 382 g/mol. The van der Waals surface area contributed by atoms with Gasteiger partial charge < -0.3 is 14.6 Å². The minimum Gasteiger partial charge on any atom is -0.472 e. The maximum atomic E-state index is 12.3. The SMILES string of the molecule is Cc1ccc(C(=O)CCC(=O)NC2CCN(C(=O)c3ccoc3)CC2)cc1C. The van der Waals surface area contributed by atoms with E-state index < -0.39 is 0 Å². The molecular formula is C22H26N2O4. The maximum Gasteiger partial charge on any atom is 0.257 e. The predicted molar refractivity (Wildman–Crippen MR) is 105 cm³/mol. The number of hydrogen-bond acceptors (Lipinski definition) is 4. The van der Waals surface area contributed by atoms with Crippen molar-refractivity contribution < 1.29 is 18.8 Å². The molecular weight excluding hydrogens is 356 g/mol. The van der Waals surface area contributed by atoms with Crippen LogP contribution in [-0.4, -0.2) is 41.6 Å². The molecule has 0 radical (unpaired) electrons. The van der Waals surface area contributed by atoms with Crippen molar-refractivity contribution >= 4 is 17.6 Å². The number of carbonyl (C=O) groups is 3. The number of nitrogens with one attached hydrogen (secondary N) is 1. The molecule has 6 heteroatoms. The van der Waals surface area contributed by atoms with E-state index in [2.05, 4.69) is 5.32 Å². The van der Waals surface area contributed by atoms with Crippen molar-refractivity contribution in [1.29, 1.82) is 0 Å². The van der Waals surface area contributed by atoms with Crippen LogP contribution < -0.4 is 5.32 Å². The summed E-state index contributed by atoms with van der Waals surface area (Å²) in [6, 6.07) is 7.32. The van der Waals surface area contributed by atoms with Crippen molar-refractivity contribution in [3.63, 3.8) is 0 Å². The molecule has 1 aromatic heterocycles. The van der Waals surface area contributed by atoms with Crippen LogP contribution in [0.25, 0.3) is 0 Å². The first-order valence-corrected chi connectivity index (χ1v) is 9.65. The Morgan fingerprint density at radius 1 is 1.04 bits per heavy atom. The van der Waals surface area contributed by atoms with E-state index in [1.54, 1.807) is 11.0 Å². The quantitative estimate of drug-likeness (QED) is 0.778.